The fourth-order valence-corrected chi connectivity index (χ4v) is 3.00. The number of benzene rings is 2. The molecule has 0 aliphatic rings. The Kier molecular flexibility index (Phi) is 3.65. The molecule has 0 radical (unpaired) electrons. The number of hydrogen-bond donors (Lipinski definition) is 1. The van der Waals surface area contributed by atoms with Gasteiger partial charge in [-0.05, 0) is 36.4 Å². The van der Waals surface area contributed by atoms with E-state index in [-0.39, 0.29) is 0 Å². The van der Waals surface area contributed by atoms with Crippen molar-refractivity contribution in [3.8, 4) is 11.8 Å². The minimum atomic E-state index is 0.524. The summed E-state index contributed by atoms with van der Waals surface area (Å²) in [5.74, 6) is 0.790. The molecule has 0 atom stereocenters. The average Bonchev–Trinajstić information content (AvgIpc) is 2.88. The molecule has 0 fully saturated rings. The summed E-state index contributed by atoms with van der Waals surface area (Å²) in [6, 6.07) is 12.9. The minimum absolute atomic E-state index is 0.524. The van der Waals surface area contributed by atoms with E-state index < -0.39 is 0 Å². The van der Waals surface area contributed by atoms with Crippen molar-refractivity contribution >= 4 is 44.0 Å². The number of thiazole rings is 1. The standard InChI is InChI=1S/C15H10ClN3OS/c1-20-11-4-5-12-14(7-11)21-15(18-12)19-13-6-10(16)3-2-9(13)8-17/h2-7H,1H3,(H,18,19). The largest absolute Gasteiger partial charge is 0.497 e. The second-order valence-corrected chi connectivity index (χ2v) is 5.75. The number of anilines is 2. The molecule has 0 saturated heterocycles. The van der Waals surface area contributed by atoms with Crippen LogP contribution in [-0.4, -0.2) is 12.1 Å². The van der Waals surface area contributed by atoms with Crippen molar-refractivity contribution in [2.75, 3.05) is 12.4 Å². The molecule has 1 heterocycles. The van der Waals surface area contributed by atoms with Crippen LogP contribution in [0.2, 0.25) is 5.02 Å². The van der Waals surface area contributed by atoms with Crippen LogP contribution in [0.1, 0.15) is 5.56 Å². The molecule has 3 aromatic rings. The number of hydrogen-bond acceptors (Lipinski definition) is 5. The summed E-state index contributed by atoms with van der Waals surface area (Å²) < 4.78 is 6.21. The molecule has 0 saturated carbocycles. The summed E-state index contributed by atoms with van der Waals surface area (Å²) in [6.07, 6.45) is 0. The third-order valence-corrected chi connectivity index (χ3v) is 4.11. The fraction of sp³-hybridized carbons (Fsp3) is 0.0667. The highest BCUT2D eigenvalue weighted by Gasteiger charge is 2.08. The molecule has 0 bridgehead atoms. The normalized spacial score (nSPS) is 10.3. The highest BCUT2D eigenvalue weighted by atomic mass is 35.5. The number of fused-ring (bicyclic) bond motifs is 1. The molecular formula is C15H10ClN3OS. The number of nitriles is 1. The number of rotatable bonds is 3. The summed E-state index contributed by atoms with van der Waals surface area (Å²) >= 11 is 7.47. The lowest BCUT2D eigenvalue weighted by Crippen LogP contribution is -1.92. The summed E-state index contributed by atoms with van der Waals surface area (Å²) in [6.45, 7) is 0. The molecule has 1 N–H and O–H groups in total. The maximum Gasteiger partial charge on any atom is 0.188 e. The smallest absolute Gasteiger partial charge is 0.188 e. The molecule has 0 aliphatic carbocycles. The molecule has 104 valence electrons. The van der Waals surface area contributed by atoms with Gasteiger partial charge >= 0.3 is 0 Å². The van der Waals surface area contributed by atoms with Crippen LogP contribution < -0.4 is 10.1 Å². The predicted molar refractivity (Wildman–Crippen MR) is 85.6 cm³/mol. The highest BCUT2D eigenvalue weighted by molar-refractivity contribution is 7.22. The zero-order valence-electron chi connectivity index (χ0n) is 11.1. The van der Waals surface area contributed by atoms with E-state index >= 15 is 0 Å². The zero-order chi connectivity index (χ0) is 14.8. The van der Waals surface area contributed by atoms with Gasteiger partial charge in [0.1, 0.15) is 11.8 Å². The van der Waals surface area contributed by atoms with Crippen molar-refractivity contribution in [1.29, 1.82) is 5.26 Å². The molecule has 4 nitrogen and oxygen atoms in total. The van der Waals surface area contributed by atoms with Gasteiger partial charge in [0.05, 0.1) is 28.6 Å². The van der Waals surface area contributed by atoms with Gasteiger partial charge < -0.3 is 10.1 Å². The van der Waals surface area contributed by atoms with Gasteiger partial charge in [-0.3, -0.25) is 0 Å². The van der Waals surface area contributed by atoms with Gasteiger partial charge in [-0.25, -0.2) is 4.98 Å². The Morgan fingerprint density at radius 2 is 2.14 bits per heavy atom. The van der Waals surface area contributed by atoms with Crippen LogP contribution >= 0.6 is 22.9 Å². The Morgan fingerprint density at radius 1 is 1.29 bits per heavy atom. The Hall–Kier alpha value is -2.29. The lowest BCUT2D eigenvalue weighted by molar-refractivity contribution is 0.415. The highest BCUT2D eigenvalue weighted by Crippen LogP contribution is 2.32. The van der Waals surface area contributed by atoms with Gasteiger partial charge in [0.2, 0.25) is 0 Å². The maximum atomic E-state index is 9.13. The van der Waals surface area contributed by atoms with Crippen LogP contribution in [0, 0.1) is 11.3 Å². The van der Waals surface area contributed by atoms with Crippen LogP contribution in [0.15, 0.2) is 36.4 Å². The first-order chi connectivity index (χ1) is 10.2. The Morgan fingerprint density at radius 3 is 2.90 bits per heavy atom. The van der Waals surface area contributed by atoms with Crippen molar-refractivity contribution in [3.05, 3.63) is 47.0 Å². The molecular weight excluding hydrogens is 306 g/mol. The molecule has 21 heavy (non-hydrogen) atoms. The molecule has 0 aliphatic heterocycles. The summed E-state index contributed by atoms with van der Waals surface area (Å²) in [5.41, 5.74) is 2.05. The van der Waals surface area contributed by atoms with Gasteiger partial charge in [-0.1, -0.05) is 22.9 Å². The van der Waals surface area contributed by atoms with Crippen molar-refractivity contribution in [3.63, 3.8) is 0 Å². The first-order valence-corrected chi connectivity index (χ1v) is 7.30. The first kappa shape index (κ1) is 13.7. The Bertz CT molecular complexity index is 854. The van der Waals surface area contributed by atoms with Crippen LogP contribution in [0.4, 0.5) is 10.8 Å². The molecule has 6 heteroatoms. The van der Waals surface area contributed by atoms with E-state index in [9.17, 15) is 0 Å². The van der Waals surface area contributed by atoms with E-state index in [0.717, 1.165) is 16.0 Å². The SMILES string of the molecule is COc1ccc2nc(Nc3cc(Cl)ccc3C#N)sc2c1. The number of halogens is 1. The van der Waals surface area contributed by atoms with E-state index in [4.69, 9.17) is 21.6 Å². The molecule has 2 aromatic carbocycles. The van der Waals surface area contributed by atoms with Gasteiger partial charge in [0.25, 0.3) is 0 Å². The first-order valence-electron chi connectivity index (χ1n) is 6.11. The lowest BCUT2D eigenvalue weighted by Gasteiger charge is -2.04. The molecule has 1 aromatic heterocycles. The van der Waals surface area contributed by atoms with Crippen LogP contribution in [-0.2, 0) is 0 Å². The predicted octanol–water partition coefficient (Wildman–Crippen LogP) is 4.57. The topological polar surface area (TPSA) is 57.9 Å². The van der Waals surface area contributed by atoms with E-state index in [1.54, 1.807) is 25.3 Å². The number of nitrogens with zero attached hydrogens (tertiary/aromatic N) is 2. The molecule has 0 amide bonds. The van der Waals surface area contributed by atoms with Gasteiger partial charge in [0.15, 0.2) is 5.13 Å². The van der Waals surface area contributed by atoms with Crippen molar-refractivity contribution in [2.45, 2.75) is 0 Å². The van der Waals surface area contributed by atoms with Crippen LogP contribution in [0.25, 0.3) is 10.2 Å². The minimum Gasteiger partial charge on any atom is -0.497 e. The van der Waals surface area contributed by atoms with Crippen molar-refractivity contribution in [2.24, 2.45) is 0 Å². The second kappa shape index (κ2) is 5.60. The molecule has 0 spiro atoms. The van der Waals surface area contributed by atoms with Crippen molar-refractivity contribution < 1.29 is 4.74 Å². The Balaban J connectivity index is 1.98. The summed E-state index contributed by atoms with van der Waals surface area (Å²) in [4.78, 5) is 4.49. The Labute approximate surface area is 130 Å². The number of aromatic nitrogens is 1. The summed E-state index contributed by atoms with van der Waals surface area (Å²) in [5, 5.41) is 13.6. The van der Waals surface area contributed by atoms with E-state index in [0.29, 0.717) is 21.4 Å². The van der Waals surface area contributed by atoms with Crippen LogP contribution in [0.3, 0.4) is 0 Å². The lowest BCUT2D eigenvalue weighted by atomic mass is 10.2. The van der Waals surface area contributed by atoms with Crippen LogP contribution in [0.5, 0.6) is 5.75 Å². The zero-order valence-corrected chi connectivity index (χ0v) is 12.6. The maximum absolute atomic E-state index is 9.13. The van der Waals surface area contributed by atoms with E-state index in [1.807, 2.05) is 18.2 Å². The van der Waals surface area contributed by atoms with Gasteiger partial charge in [0, 0.05) is 5.02 Å². The third-order valence-electron chi connectivity index (χ3n) is 2.94. The molecule has 0 unspecified atom stereocenters. The van der Waals surface area contributed by atoms with E-state index in [2.05, 4.69) is 16.4 Å². The number of ether oxygens (including phenoxy) is 1. The quantitative estimate of drug-likeness (QED) is 0.769. The summed E-state index contributed by atoms with van der Waals surface area (Å²) in [7, 11) is 1.63. The van der Waals surface area contributed by atoms with Gasteiger partial charge in [-0.15, -0.1) is 0 Å². The van der Waals surface area contributed by atoms with E-state index in [1.165, 1.54) is 11.3 Å². The number of nitrogens with one attached hydrogen (secondary N) is 1. The number of methoxy groups -OCH3 is 1. The average molecular weight is 316 g/mol. The second-order valence-electron chi connectivity index (χ2n) is 4.28. The molecule has 3 rings (SSSR count). The third kappa shape index (κ3) is 2.77. The monoisotopic (exact) mass is 315 g/mol. The fourth-order valence-electron chi connectivity index (χ4n) is 1.92. The van der Waals surface area contributed by atoms with Crippen molar-refractivity contribution in [1.82, 2.24) is 4.98 Å². The van der Waals surface area contributed by atoms with Gasteiger partial charge in [-0.2, -0.15) is 5.26 Å².